The second-order valence-electron chi connectivity index (χ2n) is 6.80. The number of halogens is 3. The van der Waals surface area contributed by atoms with E-state index < -0.39 is 11.9 Å². The average Bonchev–Trinajstić information content (AvgIpc) is 3.38. The Balaban J connectivity index is 1.66. The summed E-state index contributed by atoms with van der Waals surface area (Å²) in [5.41, 5.74) is 2.34. The molecule has 0 atom stereocenters. The van der Waals surface area contributed by atoms with Crippen molar-refractivity contribution in [2.75, 3.05) is 5.32 Å². The maximum absolute atomic E-state index is 13.1. The molecule has 0 bridgehead atoms. The molecule has 1 N–H and O–H groups in total. The van der Waals surface area contributed by atoms with E-state index in [0.717, 1.165) is 24.5 Å². The number of rotatable bonds is 4. The lowest BCUT2D eigenvalue weighted by Gasteiger charge is -2.09. The number of anilines is 1. The van der Waals surface area contributed by atoms with E-state index in [-0.39, 0.29) is 11.8 Å². The summed E-state index contributed by atoms with van der Waals surface area (Å²) in [6.45, 7) is 1.42. The van der Waals surface area contributed by atoms with Crippen molar-refractivity contribution in [1.82, 2.24) is 14.8 Å². The Bertz CT molecular complexity index is 1020. The van der Waals surface area contributed by atoms with E-state index in [9.17, 15) is 18.0 Å². The van der Waals surface area contributed by atoms with Crippen molar-refractivity contribution in [3.63, 3.8) is 0 Å². The van der Waals surface area contributed by atoms with Gasteiger partial charge in [-0.05, 0) is 43.2 Å². The molecular formula is C20H17F3N4O. The highest BCUT2D eigenvalue weighted by molar-refractivity contribution is 5.89. The second-order valence-corrected chi connectivity index (χ2v) is 6.80. The maximum atomic E-state index is 13.1. The first-order chi connectivity index (χ1) is 13.3. The van der Waals surface area contributed by atoms with Crippen LogP contribution in [0.5, 0.6) is 0 Å². The fourth-order valence-corrected chi connectivity index (χ4v) is 3.05. The monoisotopic (exact) mass is 386 g/mol. The van der Waals surface area contributed by atoms with Gasteiger partial charge in [0.2, 0.25) is 5.91 Å². The number of aromatic nitrogens is 3. The Morgan fingerprint density at radius 1 is 1.14 bits per heavy atom. The molecule has 28 heavy (non-hydrogen) atoms. The van der Waals surface area contributed by atoms with Crippen molar-refractivity contribution in [3.8, 4) is 16.9 Å². The SMILES string of the molecule is CC(=O)Nc1ccnc(-c2ccc(-n3nc(C(F)(F)F)cc3C3CC3)cc2)c1. The molecule has 0 radical (unpaired) electrons. The predicted molar refractivity (Wildman–Crippen MR) is 98.1 cm³/mol. The minimum Gasteiger partial charge on any atom is -0.326 e. The lowest BCUT2D eigenvalue weighted by atomic mass is 10.1. The Kier molecular flexibility index (Phi) is 4.41. The van der Waals surface area contributed by atoms with Crippen LogP contribution in [0, 0.1) is 0 Å². The van der Waals surface area contributed by atoms with Gasteiger partial charge in [0.15, 0.2) is 5.69 Å². The third-order valence-electron chi connectivity index (χ3n) is 4.51. The minimum absolute atomic E-state index is 0.124. The van der Waals surface area contributed by atoms with Crippen LogP contribution >= 0.6 is 0 Å². The van der Waals surface area contributed by atoms with Crippen LogP contribution in [0.1, 0.15) is 37.1 Å². The first kappa shape index (κ1) is 18.2. The zero-order valence-electron chi connectivity index (χ0n) is 15.0. The number of hydrogen-bond acceptors (Lipinski definition) is 3. The van der Waals surface area contributed by atoms with Gasteiger partial charge in [0, 0.05) is 36.0 Å². The number of alkyl halides is 3. The van der Waals surface area contributed by atoms with Crippen LogP contribution < -0.4 is 5.32 Å². The van der Waals surface area contributed by atoms with Gasteiger partial charge in [-0.1, -0.05) is 12.1 Å². The Morgan fingerprint density at radius 3 is 2.46 bits per heavy atom. The molecule has 1 amide bonds. The lowest BCUT2D eigenvalue weighted by Crippen LogP contribution is -2.07. The molecule has 1 saturated carbocycles. The molecule has 0 aliphatic heterocycles. The molecule has 1 aliphatic rings. The van der Waals surface area contributed by atoms with Crippen molar-refractivity contribution in [2.24, 2.45) is 0 Å². The summed E-state index contributed by atoms with van der Waals surface area (Å²) in [4.78, 5) is 15.5. The van der Waals surface area contributed by atoms with Crippen LogP contribution in [0.2, 0.25) is 0 Å². The van der Waals surface area contributed by atoms with E-state index in [4.69, 9.17) is 0 Å². The van der Waals surface area contributed by atoms with Crippen molar-refractivity contribution < 1.29 is 18.0 Å². The number of amides is 1. The summed E-state index contributed by atoms with van der Waals surface area (Å²) in [6.07, 6.45) is -1.13. The van der Waals surface area contributed by atoms with Gasteiger partial charge in [-0.15, -0.1) is 0 Å². The van der Waals surface area contributed by atoms with Crippen molar-refractivity contribution >= 4 is 11.6 Å². The van der Waals surface area contributed by atoms with Gasteiger partial charge in [0.25, 0.3) is 0 Å². The van der Waals surface area contributed by atoms with Crippen LogP contribution in [0.25, 0.3) is 16.9 Å². The average molecular weight is 386 g/mol. The quantitative estimate of drug-likeness (QED) is 0.701. The fraction of sp³-hybridized carbons (Fsp3) is 0.250. The first-order valence-corrected chi connectivity index (χ1v) is 8.83. The molecule has 4 rings (SSSR count). The third-order valence-corrected chi connectivity index (χ3v) is 4.51. The molecule has 0 saturated heterocycles. The van der Waals surface area contributed by atoms with E-state index in [1.165, 1.54) is 11.6 Å². The molecule has 144 valence electrons. The van der Waals surface area contributed by atoms with Gasteiger partial charge < -0.3 is 5.32 Å². The van der Waals surface area contributed by atoms with Gasteiger partial charge in [0.1, 0.15) is 0 Å². The van der Waals surface area contributed by atoms with Gasteiger partial charge in [-0.25, -0.2) is 4.68 Å². The van der Waals surface area contributed by atoms with Crippen molar-refractivity contribution in [3.05, 3.63) is 60.0 Å². The van der Waals surface area contributed by atoms with Gasteiger partial charge in [-0.2, -0.15) is 18.3 Å². The Morgan fingerprint density at radius 2 is 1.86 bits per heavy atom. The molecule has 3 aromatic rings. The third kappa shape index (κ3) is 3.76. The van der Waals surface area contributed by atoms with Crippen LogP contribution in [0.4, 0.5) is 18.9 Å². The summed E-state index contributed by atoms with van der Waals surface area (Å²) in [7, 11) is 0. The molecule has 8 heteroatoms. The number of nitrogens with one attached hydrogen (secondary N) is 1. The Labute approximate surface area is 159 Å². The molecule has 0 spiro atoms. The molecule has 2 aromatic heterocycles. The number of carbonyl (C=O) groups is 1. The van der Waals surface area contributed by atoms with Crippen LogP contribution in [0.15, 0.2) is 48.7 Å². The van der Waals surface area contributed by atoms with Crippen molar-refractivity contribution in [1.29, 1.82) is 0 Å². The van der Waals surface area contributed by atoms with Crippen LogP contribution in [-0.4, -0.2) is 20.7 Å². The van der Waals surface area contributed by atoms with Gasteiger partial charge in [-0.3, -0.25) is 9.78 Å². The number of carbonyl (C=O) groups excluding carboxylic acids is 1. The largest absolute Gasteiger partial charge is 0.435 e. The smallest absolute Gasteiger partial charge is 0.326 e. The molecule has 0 unspecified atom stereocenters. The minimum atomic E-state index is -4.47. The molecule has 5 nitrogen and oxygen atoms in total. The predicted octanol–water partition coefficient (Wildman–Crippen LogP) is 4.79. The summed E-state index contributed by atoms with van der Waals surface area (Å²) >= 11 is 0. The molecule has 1 aromatic carbocycles. The van der Waals surface area contributed by atoms with E-state index in [1.807, 2.05) is 0 Å². The number of hydrogen-bond donors (Lipinski definition) is 1. The van der Waals surface area contributed by atoms with E-state index >= 15 is 0 Å². The topological polar surface area (TPSA) is 59.8 Å². The van der Waals surface area contributed by atoms with Gasteiger partial charge >= 0.3 is 6.18 Å². The normalized spacial score (nSPS) is 14.1. The summed E-state index contributed by atoms with van der Waals surface area (Å²) < 4.78 is 40.6. The number of pyridine rings is 1. The first-order valence-electron chi connectivity index (χ1n) is 8.83. The number of nitrogens with zero attached hydrogens (tertiary/aromatic N) is 3. The fourth-order valence-electron chi connectivity index (χ4n) is 3.05. The van der Waals surface area contributed by atoms with E-state index in [1.54, 1.807) is 42.6 Å². The van der Waals surface area contributed by atoms with Crippen molar-refractivity contribution in [2.45, 2.75) is 31.9 Å². The second kappa shape index (κ2) is 6.78. The van der Waals surface area contributed by atoms with Gasteiger partial charge in [0.05, 0.1) is 11.4 Å². The van der Waals surface area contributed by atoms with Crippen LogP contribution in [-0.2, 0) is 11.0 Å². The Hall–Kier alpha value is -3.16. The van der Waals surface area contributed by atoms with E-state index in [0.29, 0.717) is 22.8 Å². The standard InChI is InChI=1S/C20H17F3N4O/c1-12(28)25-15-8-9-24-17(10-15)13-4-6-16(7-5-13)27-18(14-2-3-14)11-19(26-27)20(21,22)23/h4-11,14H,2-3H2,1H3,(H,24,25,28). The van der Waals surface area contributed by atoms with E-state index in [2.05, 4.69) is 15.4 Å². The zero-order chi connectivity index (χ0) is 19.9. The zero-order valence-corrected chi connectivity index (χ0v) is 15.0. The lowest BCUT2D eigenvalue weighted by molar-refractivity contribution is -0.141. The summed E-state index contributed by atoms with van der Waals surface area (Å²) in [5.74, 6) is -0.0569. The maximum Gasteiger partial charge on any atom is 0.435 e. The number of benzene rings is 1. The summed E-state index contributed by atoms with van der Waals surface area (Å²) in [6, 6.07) is 11.6. The molecule has 1 aliphatic carbocycles. The highest BCUT2D eigenvalue weighted by Crippen LogP contribution is 2.43. The highest BCUT2D eigenvalue weighted by Gasteiger charge is 2.38. The highest BCUT2D eigenvalue weighted by atomic mass is 19.4. The summed E-state index contributed by atoms with van der Waals surface area (Å²) in [5, 5.41) is 6.49. The molecule has 2 heterocycles. The molecular weight excluding hydrogens is 369 g/mol. The molecule has 1 fully saturated rings. The van der Waals surface area contributed by atoms with Crippen LogP contribution in [0.3, 0.4) is 0 Å².